The van der Waals surface area contributed by atoms with E-state index in [4.69, 9.17) is 4.42 Å². The molecule has 0 fully saturated rings. The molecule has 3 rings (SSSR count). The normalized spacial score (nSPS) is 11.1. The van der Waals surface area contributed by atoms with Gasteiger partial charge < -0.3 is 4.42 Å². The quantitative estimate of drug-likeness (QED) is 0.611. The zero-order chi connectivity index (χ0) is 12.7. The van der Waals surface area contributed by atoms with Crippen LogP contribution in [0.1, 0.15) is 11.1 Å². The summed E-state index contributed by atoms with van der Waals surface area (Å²) in [4.78, 5) is 4.55. The highest BCUT2D eigenvalue weighted by Crippen LogP contribution is 2.25. The largest absolute Gasteiger partial charge is 0.436 e. The molecule has 1 aromatic carbocycles. The second kappa shape index (κ2) is 3.95. The second-order valence-corrected chi connectivity index (χ2v) is 4.68. The molecule has 0 aliphatic rings. The lowest BCUT2D eigenvalue weighted by Crippen LogP contribution is -2.26. The van der Waals surface area contributed by atoms with Gasteiger partial charge in [-0.05, 0) is 43.2 Å². The van der Waals surface area contributed by atoms with Crippen molar-refractivity contribution in [2.75, 3.05) is 0 Å². The SMILES string of the molecule is Cc1cc2nc(-c3ccc[n+](C)c3)oc2cc1C. The zero-order valence-corrected chi connectivity index (χ0v) is 10.8. The highest BCUT2D eigenvalue weighted by molar-refractivity contribution is 5.77. The first-order chi connectivity index (χ1) is 8.63. The molecule has 0 amide bonds. The fourth-order valence-corrected chi connectivity index (χ4v) is 2.02. The number of aromatic nitrogens is 2. The first kappa shape index (κ1) is 11.0. The van der Waals surface area contributed by atoms with E-state index in [0.29, 0.717) is 5.89 Å². The summed E-state index contributed by atoms with van der Waals surface area (Å²) in [5, 5.41) is 0. The van der Waals surface area contributed by atoms with Gasteiger partial charge in [0.25, 0.3) is 0 Å². The molecule has 90 valence electrons. The van der Waals surface area contributed by atoms with Crippen LogP contribution in [0.5, 0.6) is 0 Å². The average Bonchev–Trinajstić information content (AvgIpc) is 2.73. The van der Waals surface area contributed by atoms with Gasteiger partial charge >= 0.3 is 0 Å². The second-order valence-electron chi connectivity index (χ2n) is 4.68. The summed E-state index contributed by atoms with van der Waals surface area (Å²) < 4.78 is 7.81. The standard InChI is InChI=1S/C15H15N2O/c1-10-7-13-14(8-11(10)2)18-15(16-13)12-5-4-6-17(3)9-12/h4-9H,1-3H3/q+1. The molecular weight excluding hydrogens is 224 g/mol. The maximum Gasteiger partial charge on any atom is 0.233 e. The highest BCUT2D eigenvalue weighted by Gasteiger charge is 2.11. The Hall–Kier alpha value is -2.16. The maximum absolute atomic E-state index is 5.82. The lowest BCUT2D eigenvalue weighted by molar-refractivity contribution is -0.671. The van der Waals surface area contributed by atoms with Crippen LogP contribution in [0.3, 0.4) is 0 Å². The Bertz CT molecular complexity index is 689. The van der Waals surface area contributed by atoms with Crippen LogP contribution in [-0.4, -0.2) is 4.98 Å². The number of hydrogen-bond acceptors (Lipinski definition) is 2. The van der Waals surface area contributed by atoms with Gasteiger partial charge in [-0.15, -0.1) is 0 Å². The number of rotatable bonds is 1. The van der Waals surface area contributed by atoms with Crippen molar-refractivity contribution in [1.29, 1.82) is 0 Å². The third kappa shape index (κ3) is 1.78. The predicted octanol–water partition coefficient (Wildman–Crippen LogP) is 2.94. The molecule has 0 unspecified atom stereocenters. The van der Waals surface area contributed by atoms with E-state index in [2.05, 4.69) is 24.9 Å². The minimum atomic E-state index is 0.672. The molecule has 0 saturated carbocycles. The number of oxazole rings is 1. The molecule has 0 aliphatic carbocycles. The van der Waals surface area contributed by atoms with Gasteiger partial charge in [-0.25, -0.2) is 9.55 Å². The summed E-state index contributed by atoms with van der Waals surface area (Å²) in [5.41, 5.74) is 5.22. The Morgan fingerprint density at radius 2 is 1.94 bits per heavy atom. The summed E-state index contributed by atoms with van der Waals surface area (Å²) in [6, 6.07) is 8.11. The molecule has 2 aromatic heterocycles. The Balaban J connectivity index is 2.19. The zero-order valence-electron chi connectivity index (χ0n) is 10.8. The first-order valence-electron chi connectivity index (χ1n) is 5.97. The monoisotopic (exact) mass is 239 g/mol. The van der Waals surface area contributed by atoms with Crippen molar-refractivity contribution in [3.63, 3.8) is 0 Å². The van der Waals surface area contributed by atoms with Crippen LogP contribution in [-0.2, 0) is 7.05 Å². The van der Waals surface area contributed by atoms with E-state index in [1.54, 1.807) is 0 Å². The van der Waals surface area contributed by atoms with E-state index in [0.717, 1.165) is 16.7 Å². The molecule has 0 atom stereocenters. The Morgan fingerprint density at radius 1 is 1.17 bits per heavy atom. The van der Waals surface area contributed by atoms with Crippen molar-refractivity contribution in [2.24, 2.45) is 7.05 Å². The van der Waals surface area contributed by atoms with Crippen molar-refractivity contribution in [1.82, 2.24) is 4.98 Å². The van der Waals surface area contributed by atoms with Gasteiger partial charge in [-0.3, -0.25) is 0 Å². The van der Waals surface area contributed by atoms with E-state index in [9.17, 15) is 0 Å². The van der Waals surface area contributed by atoms with Crippen molar-refractivity contribution in [3.05, 3.63) is 47.8 Å². The van der Waals surface area contributed by atoms with Crippen molar-refractivity contribution < 1.29 is 8.98 Å². The fourth-order valence-electron chi connectivity index (χ4n) is 2.02. The summed E-state index contributed by atoms with van der Waals surface area (Å²) in [7, 11) is 1.99. The molecule has 18 heavy (non-hydrogen) atoms. The molecule has 3 nitrogen and oxygen atoms in total. The summed E-state index contributed by atoms with van der Waals surface area (Å²) in [6.45, 7) is 4.17. The lowest BCUT2D eigenvalue weighted by Gasteiger charge is -1.96. The molecule has 2 heterocycles. The van der Waals surface area contributed by atoms with Crippen LogP contribution in [0, 0.1) is 13.8 Å². The predicted molar refractivity (Wildman–Crippen MR) is 70.1 cm³/mol. The number of benzene rings is 1. The molecule has 0 aliphatic heterocycles. The maximum atomic E-state index is 5.82. The van der Waals surface area contributed by atoms with Crippen molar-refractivity contribution in [2.45, 2.75) is 13.8 Å². The van der Waals surface area contributed by atoms with Gasteiger partial charge in [0, 0.05) is 6.07 Å². The van der Waals surface area contributed by atoms with Crippen LogP contribution in [0.25, 0.3) is 22.6 Å². The summed E-state index contributed by atoms with van der Waals surface area (Å²) in [5.74, 6) is 0.672. The summed E-state index contributed by atoms with van der Waals surface area (Å²) >= 11 is 0. The number of fused-ring (bicyclic) bond motifs is 1. The van der Waals surface area contributed by atoms with Crippen LogP contribution in [0.4, 0.5) is 0 Å². The van der Waals surface area contributed by atoms with Crippen LogP contribution in [0.2, 0.25) is 0 Å². The molecule has 0 bridgehead atoms. The van der Waals surface area contributed by atoms with Crippen LogP contribution < -0.4 is 4.57 Å². The van der Waals surface area contributed by atoms with Crippen molar-refractivity contribution >= 4 is 11.1 Å². The van der Waals surface area contributed by atoms with Crippen LogP contribution >= 0.6 is 0 Å². The minimum Gasteiger partial charge on any atom is -0.436 e. The number of nitrogens with zero attached hydrogens (tertiary/aromatic N) is 2. The van der Waals surface area contributed by atoms with E-state index in [-0.39, 0.29) is 0 Å². The third-order valence-corrected chi connectivity index (χ3v) is 3.19. The van der Waals surface area contributed by atoms with Crippen LogP contribution in [0.15, 0.2) is 41.1 Å². The van der Waals surface area contributed by atoms with Crippen molar-refractivity contribution in [3.8, 4) is 11.5 Å². The van der Waals surface area contributed by atoms with Gasteiger partial charge in [0.2, 0.25) is 5.89 Å². The molecule has 0 saturated heterocycles. The topological polar surface area (TPSA) is 29.9 Å². The molecular formula is C15H15N2O+. The average molecular weight is 239 g/mol. The molecule has 3 aromatic rings. The van der Waals surface area contributed by atoms with E-state index in [1.165, 1.54) is 11.1 Å². The van der Waals surface area contributed by atoms with E-state index in [1.807, 2.05) is 42.2 Å². The fraction of sp³-hybridized carbons (Fsp3) is 0.200. The number of aryl methyl sites for hydroxylation is 3. The lowest BCUT2D eigenvalue weighted by atomic mass is 10.1. The van der Waals surface area contributed by atoms with Gasteiger partial charge in [0.15, 0.2) is 18.0 Å². The highest BCUT2D eigenvalue weighted by atomic mass is 16.3. The van der Waals surface area contributed by atoms with Gasteiger partial charge in [-0.1, -0.05) is 0 Å². The van der Waals surface area contributed by atoms with Gasteiger partial charge in [0.05, 0.1) is 0 Å². The third-order valence-electron chi connectivity index (χ3n) is 3.19. The number of pyridine rings is 1. The molecule has 0 radical (unpaired) electrons. The number of hydrogen-bond donors (Lipinski definition) is 0. The molecule has 0 spiro atoms. The van der Waals surface area contributed by atoms with E-state index < -0.39 is 0 Å². The Labute approximate surface area is 106 Å². The first-order valence-corrected chi connectivity index (χ1v) is 5.97. The molecule has 3 heteroatoms. The molecule has 0 N–H and O–H groups in total. The van der Waals surface area contributed by atoms with Gasteiger partial charge in [0.1, 0.15) is 18.1 Å². The van der Waals surface area contributed by atoms with Gasteiger partial charge in [-0.2, -0.15) is 0 Å². The summed E-state index contributed by atoms with van der Waals surface area (Å²) in [6.07, 6.45) is 3.99. The smallest absolute Gasteiger partial charge is 0.233 e. The Kier molecular flexibility index (Phi) is 2.40. The minimum absolute atomic E-state index is 0.672. The Morgan fingerprint density at radius 3 is 2.72 bits per heavy atom. The van der Waals surface area contributed by atoms with E-state index >= 15 is 0 Å².